The Balaban J connectivity index is 2.28. The van der Waals surface area contributed by atoms with Crippen LogP contribution < -0.4 is 4.72 Å². The number of sulfonamides is 1. The highest BCUT2D eigenvalue weighted by molar-refractivity contribution is 9.10. The van der Waals surface area contributed by atoms with E-state index in [2.05, 4.69) is 30.4 Å². The summed E-state index contributed by atoms with van der Waals surface area (Å²) in [5.74, 6) is -0.531. The van der Waals surface area contributed by atoms with Crippen molar-refractivity contribution < 1.29 is 17.9 Å². The van der Waals surface area contributed by atoms with Crippen LogP contribution in [0.2, 0.25) is 5.02 Å². The molecule has 0 atom stereocenters. The number of anilines is 1. The van der Waals surface area contributed by atoms with E-state index in [-0.39, 0.29) is 21.3 Å². The highest BCUT2D eigenvalue weighted by atomic mass is 79.9. The molecular formula is C13H10BrClN2O4S. The zero-order valence-corrected chi connectivity index (χ0v) is 14.4. The van der Waals surface area contributed by atoms with E-state index in [4.69, 9.17) is 11.6 Å². The summed E-state index contributed by atoms with van der Waals surface area (Å²) in [5, 5.41) is 0.157. The number of halogens is 2. The van der Waals surface area contributed by atoms with Crippen LogP contribution >= 0.6 is 27.5 Å². The molecule has 0 aliphatic heterocycles. The lowest BCUT2D eigenvalue weighted by Gasteiger charge is -2.09. The van der Waals surface area contributed by atoms with E-state index in [9.17, 15) is 13.2 Å². The van der Waals surface area contributed by atoms with E-state index in [0.29, 0.717) is 4.47 Å². The molecule has 0 saturated heterocycles. The van der Waals surface area contributed by atoms with Crippen LogP contribution in [0.15, 0.2) is 45.9 Å². The van der Waals surface area contributed by atoms with Gasteiger partial charge in [-0.2, -0.15) is 0 Å². The van der Waals surface area contributed by atoms with Crippen molar-refractivity contribution in [2.75, 3.05) is 11.8 Å². The number of carbonyl (C=O) groups excluding carboxylic acids is 1. The van der Waals surface area contributed by atoms with E-state index in [1.54, 1.807) is 0 Å². The van der Waals surface area contributed by atoms with Gasteiger partial charge in [0.05, 0.1) is 22.6 Å². The number of carbonyl (C=O) groups is 1. The fourth-order valence-electron chi connectivity index (χ4n) is 1.56. The third kappa shape index (κ3) is 3.76. The van der Waals surface area contributed by atoms with Gasteiger partial charge in [0.2, 0.25) is 0 Å². The van der Waals surface area contributed by atoms with Crippen LogP contribution in [-0.2, 0) is 14.8 Å². The van der Waals surface area contributed by atoms with Crippen molar-refractivity contribution in [3.8, 4) is 0 Å². The molecule has 0 aliphatic rings. The summed E-state index contributed by atoms with van der Waals surface area (Å²) < 4.78 is 32.0. The number of methoxy groups -OCH3 is 1. The lowest BCUT2D eigenvalue weighted by atomic mass is 10.2. The molecule has 1 aromatic carbocycles. The number of esters is 1. The summed E-state index contributed by atoms with van der Waals surface area (Å²) in [5.41, 5.74) is 0.251. The van der Waals surface area contributed by atoms with Gasteiger partial charge in [-0.05, 0) is 46.3 Å². The van der Waals surface area contributed by atoms with Crippen LogP contribution in [0.4, 0.5) is 5.82 Å². The third-order valence-corrected chi connectivity index (χ3v) is 4.70. The van der Waals surface area contributed by atoms with Crippen LogP contribution in [0.25, 0.3) is 0 Å². The first kappa shape index (κ1) is 16.7. The van der Waals surface area contributed by atoms with Gasteiger partial charge in [-0.3, -0.25) is 4.72 Å². The maximum absolute atomic E-state index is 12.3. The van der Waals surface area contributed by atoms with E-state index in [1.165, 1.54) is 43.6 Å². The molecule has 116 valence electrons. The number of nitrogens with zero attached hydrogens (tertiary/aromatic N) is 1. The molecule has 22 heavy (non-hydrogen) atoms. The summed E-state index contributed by atoms with van der Waals surface area (Å²) in [7, 11) is -2.62. The Morgan fingerprint density at radius 3 is 2.50 bits per heavy atom. The van der Waals surface area contributed by atoms with Crippen molar-refractivity contribution in [2.45, 2.75) is 4.90 Å². The van der Waals surface area contributed by atoms with Gasteiger partial charge in [0.25, 0.3) is 10.0 Å². The molecule has 2 rings (SSSR count). The molecule has 1 heterocycles. The maximum atomic E-state index is 12.3. The normalized spacial score (nSPS) is 11.0. The molecule has 1 aromatic heterocycles. The van der Waals surface area contributed by atoms with E-state index < -0.39 is 16.0 Å². The quantitative estimate of drug-likeness (QED) is 0.790. The standard InChI is InChI=1S/C13H10BrClN2O4S/c1-21-13(18)8-2-4-10(5-3-8)22(19,20)17-12-11(15)6-9(14)7-16-12/h2-7H,1H3,(H,16,17). The minimum atomic E-state index is -3.86. The van der Waals surface area contributed by atoms with Crippen LogP contribution in [0, 0.1) is 0 Å². The van der Waals surface area contributed by atoms with Gasteiger partial charge in [0, 0.05) is 10.7 Å². The second-order valence-corrected chi connectivity index (χ2v) is 7.11. The Kier molecular flexibility index (Phi) is 5.05. The van der Waals surface area contributed by atoms with Gasteiger partial charge in [-0.1, -0.05) is 11.6 Å². The van der Waals surface area contributed by atoms with Crippen molar-refractivity contribution in [1.82, 2.24) is 4.98 Å². The van der Waals surface area contributed by atoms with Crippen LogP contribution in [0.5, 0.6) is 0 Å². The second kappa shape index (κ2) is 6.64. The van der Waals surface area contributed by atoms with Gasteiger partial charge in [0.1, 0.15) is 0 Å². The Morgan fingerprint density at radius 2 is 1.95 bits per heavy atom. The minimum absolute atomic E-state index is 0.0157. The average Bonchev–Trinajstić information content (AvgIpc) is 2.49. The monoisotopic (exact) mass is 404 g/mol. The maximum Gasteiger partial charge on any atom is 0.337 e. The van der Waals surface area contributed by atoms with Crippen molar-refractivity contribution >= 4 is 49.3 Å². The van der Waals surface area contributed by atoms with Gasteiger partial charge in [-0.15, -0.1) is 0 Å². The first-order valence-electron chi connectivity index (χ1n) is 5.86. The van der Waals surface area contributed by atoms with Crippen molar-refractivity contribution in [3.05, 3.63) is 51.6 Å². The number of nitrogens with one attached hydrogen (secondary N) is 1. The number of hydrogen-bond donors (Lipinski definition) is 1. The van der Waals surface area contributed by atoms with Gasteiger partial charge in [-0.25, -0.2) is 18.2 Å². The van der Waals surface area contributed by atoms with E-state index >= 15 is 0 Å². The summed E-state index contributed by atoms with van der Waals surface area (Å²) in [4.78, 5) is 15.2. The zero-order valence-electron chi connectivity index (χ0n) is 11.2. The SMILES string of the molecule is COC(=O)c1ccc(S(=O)(=O)Nc2ncc(Br)cc2Cl)cc1. The zero-order chi connectivity index (χ0) is 16.3. The fraction of sp³-hybridized carbons (Fsp3) is 0.0769. The highest BCUT2D eigenvalue weighted by Gasteiger charge is 2.17. The molecule has 0 bridgehead atoms. The van der Waals surface area contributed by atoms with Gasteiger partial charge in [0.15, 0.2) is 5.82 Å². The molecule has 0 unspecified atom stereocenters. The molecular weight excluding hydrogens is 396 g/mol. The molecule has 6 nitrogen and oxygen atoms in total. The van der Waals surface area contributed by atoms with Crippen molar-refractivity contribution in [2.24, 2.45) is 0 Å². The predicted octanol–water partition coefficient (Wildman–Crippen LogP) is 3.08. The summed E-state index contributed by atoms with van der Waals surface area (Å²) in [6, 6.07) is 6.82. The molecule has 9 heteroatoms. The molecule has 0 radical (unpaired) electrons. The lowest BCUT2D eigenvalue weighted by molar-refractivity contribution is 0.0600. The average molecular weight is 406 g/mol. The summed E-state index contributed by atoms with van der Waals surface area (Å²) in [6.45, 7) is 0. The number of pyridine rings is 1. The van der Waals surface area contributed by atoms with Crippen molar-refractivity contribution in [3.63, 3.8) is 0 Å². The molecule has 0 saturated carbocycles. The topological polar surface area (TPSA) is 85.4 Å². The summed E-state index contributed by atoms with van der Waals surface area (Å²) in [6.07, 6.45) is 1.42. The molecule has 0 amide bonds. The lowest BCUT2D eigenvalue weighted by Crippen LogP contribution is -2.14. The van der Waals surface area contributed by atoms with Crippen LogP contribution in [0.1, 0.15) is 10.4 Å². The van der Waals surface area contributed by atoms with Crippen LogP contribution in [0.3, 0.4) is 0 Å². The molecule has 0 spiro atoms. The Labute approximate surface area is 140 Å². The fourth-order valence-corrected chi connectivity index (χ4v) is 3.33. The number of hydrogen-bond acceptors (Lipinski definition) is 5. The Bertz CT molecular complexity index is 809. The van der Waals surface area contributed by atoms with Gasteiger partial charge >= 0.3 is 5.97 Å². The number of rotatable bonds is 4. The number of benzene rings is 1. The predicted molar refractivity (Wildman–Crippen MR) is 85.5 cm³/mol. The summed E-state index contributed by atoms with van der Waals surface area (Å²) >= 11 is 9.11. The molecule has 1 N–H and O–H groups in total. The van der Waals surface area contributed by atoms with Crippen LogP contribution in [-0.4, -0.2) is 26.5 Å². The molecule has 0 fully saturated rings. The largest absolute Gasteiger partial charge is 0.465 e. The highest BCUT2D eigenvalue weighted by Crippen LogP contribution is 2.25. The number of aromatic nitrogens is 1. The Morgan fingerprint density at radius 1 is 1.32 bits per heavy atom. The smallest absolute Gasteiger partial charge is 0.337 e. The van der Waals surface area contributed by atoms with E-state index in [1.807, 2.05) is 0 Å². The first-order valence-corrected chi connectivity index (χ1v) is 8.51. The second-order valence-electron chi connectivity index (χ2n) is 4.11. The van der Waals surface area contributed by atoms with Gasteiger partial charge < -0.3 is 4.74 Å². The Hall–Kier alpha value is -1.64. The molecule has 0 aliphatic carbocycles. The molecule has 2 aromatic rings. The first-order chi connectivity index (χ1) is 10.3. The third-order valence-electron chi connectivity index (χ3n) is 2.62. The number of ether oxygens (including phenoxy) is 1. The van der Waals surface area contributed by atoms with Crippen molar-refractivity contribution in [1.29, 1.82) is 0 Å². The minimum Gasteiger partial charge on any atom is -0.465 e. The van der Waals surface area contributed by atoms with E-state index in [0.717, 1.165) is 0 Å².